The molecular weight excluding hydrogens is 311 g/mol. The van der Waals surface area contributed by atoms with E-state index in [0.29, 0.717) is 27.4 Å². The largest absolute Gasteiger partial charge is 0.285 e. The van der Waals surface area contributed by atoms with Crippen molar-refractivity contribution < 1.29 is 4.39 Å². The van der Waals surface area contributed by atoms with Crippen LogP contribution >= 0.6 is 11.8 Å². The highest BCUT2D eigenvalue weighted by Crippen LogP contribution is 2.25. The maximum atomic E-state index is 13.8. The van der Waals surface area contributed by atoms with Crippen molar-refractivity contribution in [1.82, 2.24) is 9.55 Å². The van der Waals surface area contributed by atoms with Gasteiger partial charge in [-0.1, -0.05) is 42.1 Å². The molecule has 3 nitrogen and oxygen atoms in total. The van der Waals surface area contributed by atoms with Gasteiger partial charge >= 0.3 is 0 Å². The van der Waals surface area contributed by atoms with Gasteiger partial charge in [-0.15, -0.1) is 0 Å². The Morgan fingerprint density at radius 1 is 1.13 bits per heavy atom. The Labute approximate surface area is 138 Å². The fraction of sp³-hybridized carbons (Fsp3) is 0.222. The van der Waals surface area contributed by atoms with Gasteiger partial charge in [0.05, 0.1) is 10.9 Å². The number of benzene rings is 2. The average molecular weight is 328 g/mol. The molecule has 0 aliphatic carbocycles. The Hall–Kier alpha value is -2.14. The Kier molecular flexibility index (Phi) is 4.48. The van der Waals surface area contributed by atoms with E-state index in [1.165, 1.54) is 17.8 Å². The van der Waals surface area contributed by atoms with Gasteiger partial charge in [0.1, 0.15) is 5.82 Å². The molecule has 0 unspecified atom stereocenters. The van der Waals surface area contributed by atoms with E-state index in [-0.39, 0.29) is 17.4 Å². The van der Waals surface area contributed by atoms with E-state index in [2.05, 4.69) is 4.98 Å². The molecule has 0 amide bonds. The molecule has 5 heteroatoms. The van der Waals surface area contributed by atoms with Gasteiger partial charge < -0.3 is 0 Å². The Morgan fingerprint density at radius 2 is 1.83 bits per heavy atom. The molecule has 0 saturated carbocycles. The molecule has 0 spiro atoms. The Balaban J connectivity index is 2.04. The first-order valence-electron chi connectivity index (χ1n) is 7.45. The third kappa shape index (κ3) is 3.15. The van der Waals surface area contributed by atoms with Gasteiger partial charge in [-0.2, -0.15) is 0 Å². The van der Waals surface area contributed by atoms with Crippen LogP contribution in [0.4, 0.5) is 4.39 Å². The van der Waals surface area contributed by atoms with E-state index in [1.807, 2.05) is 38.1 Å². The van der Waals surface area contributed by atoms with Crippen LogP contribution in [0.2, 0.25) is 0 Å². The number of para-hydroxylation sites is 1. The highest BCUT2D eigenvalue weighted by Gasteiger charge is 2.14. The zero-order valence-corrected chi connectivity index (χ0v) is 13.8. The van der Waals surface area contributed by atoms with E-state index < -0.39 is 0 Å². The van der Waals surface area contributed by atoms with Crippen LogP contribution in [0.15, 0.2) is 58.5 Å². The van der Waals surface area contributed by atoms with Crippen LogP contribution in [-0.2, 0) is 5.75 Å². The normalized spacial score (nSPS) is 11.3. The third-order valence-corrected chi connectivity index (χ3v) is 4.61. The van der Waals surface area contributed by atoms with Crippen molar-refractivity contribution in [1.29, 1.82) is 0 Å². The van der Waals surface area contributed by atoms with Crippen molar-refractivity contribution in [2.24, 2.45) is 0 Å². The summed E-state index contributed by atoms with van der Waals surface area (Å²) in [5.74, 6) is 0.198. The summed E-state index contributed by atoms with van der Waals surface area (Å²) in [6.45, 7) is 3.90. The lowest BCUT2D eigenvalue weighted by atomic mass is 10.2. The molecule has 0 atom stereocenters. The maximum absolute atomic E-state index is 13.8. The summed E-state index contributed by atoms with van der Waals surface area (Å²) < 4.78 is 15.5. The highest BCUT2D eigenvalue weighted by molar-refractivity contribution is 7.98. The van der Waals surface area contributed by atoms with E-state index in [1.54, 1.807) is 22.8 Å². The fourth-order valence-electron chi connectivity index (χ4n) is 2.44. The SMILES string of the molecule is CC(C)n1c(SCc2ccccc2F)nc2ccccc2c1=O. The summed E-state index contributed by atoms with van der Waals surface area (Å²) in [6, 6.07) is 14.0. The second kappa shape index (κ2) is 6.54. The van der Waals surface area contributed by atoms with Gasteiger partial charge in [0.15, 0.2) is 5.16 Å². The van der Waals surface area contributed by atoms with Crippen molar-refractivity contribution in [3.8, 4) is 0 Å². The maximum Gasteiger partial charge on any atom is 0.262 e. The third-order valence-electron chi connectivity index (χ3n) is 3.61. The minimum Gasteiger partial charge on any atom is -0.285 e. The number of rotatable bonds is 4. The summed E-state index contributed by atoms with van der Waals surface area (Å²) >= 11 is 1.38. The summed E-state index contributed by atoms with van der Waals surface area (Å²) in [5.41, 5.74) is 1.22. The first-order chi connectivity index (χ1) is 11.1. The van der Waals surface area contributed by atoms with Crippen molar-refractivity contribution in [2.45, 2.75) is 30.8 Å². The first-order valence-corrected chi connectivity index (χ1v) is 8.44. The molecular formula is C18H17FN2OS. The van der Waals surface area contributed by atoms with Crippen molar-refractivity contribution in [3.05, 3.63) is 70.3 Å². The number of thioether (sulfide) groups is 1. The Bertz CT molecular complexity index is 905. The molecule has 0 bridgehead atoms. The van der Waals surface area contributed by atoms with Gasteiger partial charge in [-0.3, -0.25) is 9.36 Å². The Morgan fingerprint density at radius 3 is 2.57 bits per heavy atom. The average Bonchev–Trinajstić information content (AvgIpc) is 2.54. The molecule has 0 saturated heterocycles. The van der Waals surface area contributed by atoms with Gasteiger partial charge in [0.2, 0.25) is 0 Å². The number of hydrogen-bond acceptors (Lipinski definition) is 3. The molecule has 118 valence electrons. The van der Waals surface area contributed by atoms with Gasteiger partial charge in [-0.05, 0) is 37.6 Å². The van der Waals surface area contributed by atoms with Gasteiger partial charge in [-0.25, -0.2) is 9.37 Å². The number of nitrogens with zero attached hydrogens (tertiary/aromatic N) is 2. The molecule has 1 heterocycles. The molecule has 0 aliphatic rings. The molecule has 3 aromatic rings. The zero-order chi connectivity index (χ0) is 16.4. The van der Waals surface area contributed by atoms with Crippen molar-refractivity contribution in [3.63, 3.8) is 0 Å². The summed E-state index contributed by atoms with van der Waals surface area (Å²) in [4.78, 5) is 17.3. The number of fused-ring (bicyclic) bond motifs is 1. The lowest BCUT2D eigenvalue weighted by molar-refractivity contribution is 0.519. The lowest BCUT2D eigenvalue weighted by Crippen LogP contribution is -2.25. The smallest absolute Gasteiger partial charge is 0.262 e. The van der Waals surface area contributed by atoms with E-state index in [4.69, 9.17) is 0 Å². The molecule has 2 aromatic carbocycles. The molecule has 1 aromatic heterocycles. The second-order valence-corrected chi connectivity index (χ2v) is 6.50. The summed E-state index contributed by atoms with van der Waals surface area (Å²) in [7, 11) is 0. The zero-order valence-electron chi connectivity index (χ0n) is 13.0. The predicted molar refractivity (Wildman–Crippen MR) is 92.3 cm³/mol. The number of halogens is 1. The van der Waals surface area contributed by atoms with Crippen LogP contribution in [0, 0.1) is 5.82 Å². The summed E-state index contributed by atoms with van der Waals surface area (Å²) in [5, 5.41) is 1.23. The van der Waals surface area contributed by atoms with Gasteiger partial charge in [0.25, 0.3) is 5.56 Å². The highest BCUT2D eigenvalue weighted by atomic mass is 32.2. The van der Waals surface area contributed by atoms with Crippen LogP contribution in [0.5, 0.6) is 0 Å². The standard InChI is InChI=1S/C18H17FN2OS/c1-12(2)21-17(22)14-8-4-6-10-16(14)20-18(21)23-11-13-7-3-5-9-15(13)19/h3-10,12H,11H2,1-2H3. The van der Waals surface area contributed by atoms with Crippen LogP contribution < -0.4 is 5.56 Å². The van der Waals surface area contributed by atoms with E-state index in [0.717, 1.165) is 0 Å². The quantitative estimate of drug-likeness (QED) is 0.526. The first kappa shape index (κ1) is 15.7. The van der Waals surface area contributed by atoms with Crippen LogP contribution in [0.25, 0.3) is 10.9 Å². The molecule has 0 N–H and O–H groups in total. The molecule has 0 aliphatic heterocycles. The second-order valence-electron chi connectivity index (χ2n) is 5.56. The van der Waals surface area contributed by atoms with E-state index >= 15 is 0 Å². The van der Waals surface area contributed by atoms with Crippen molar-refractivity contribution >= 4 is 22.7 Å². The van der Waals surface area contributed by atoms with Crippen LogP contribution in [-0.4, -0.2) is 9.55 Å². The van der Waals surface area contributed by atoms with Crippen LogP contribution in [0.1, 0.15) is 25.5 Å². The number of aromatic nitrogens is 2. The van der Waals surface area contributed by atoms with Gasteiger partial charge in [0, 0.05) is 11.8 Å². The topological polar surface area (TPSA) is 34.9 Å². The molecule has 23 heavy (non-hydrogen) atoms. The minimum absolute atomic E-state index is 0.0114. The summed E-state index contributed by atoms with van der Waals surface area (Å²) in [6.07, 6.45) is 0. The van der Waals surface area contributed by atoms with E-state index in [9.17, 15) is 9.18 Å². The fourth-order valence-corrected chi connectivity index (χ4v) is 3.55. The van der Waals surface area contributed by atoms with Crippen molar-refractivity contribution in [2.75, 3.05) is 0 Å². The molecule has 0 radical (unpaired) electrons. The lowest BCUT2D eigenvalue weighted by Gasteiger charge is -2.16. The molecule has 0 fully saturated rings. The number of hydrogen-bond donors (Lipinski definition) is 0. The minimum atomic E-state index is -0.237. The van der Waals surface area contributed by atoms with Crippen LogP contribution in [0.3, 0.4) is 0 Å². The molecule has 3 rings (SSSR count). The predicted octanol–water partition coefficient (Wildman–Crippen LogP) is 4.41. The monoisotopic (exact) mass is 328 g/mol.